The van der Waals surface area contributed by atoms with Crippen LogP contribution in [0, 0.1) is 5.92 Å². The van der Waals surface area contributed by atoms with Gasteiger partial charge >= 0.3 is 6.03 Å². The van der Waals surface area contributed by atoms with Crippen molar-refractivity contribution in [2.45, 2.75) is 64.3 Å². The lowest BCUT2D eigenvalue weighted by Gasteiger charge is -2.24. The lowest BCUT2D eigenvalue weighted by molar-refractivity contribution is 0.236. The maximum Gasteiger partial charge on any atom is 0.320 e. The minimum absolute atomic E-state index is 0.169. The molecule has 1 unspecified atom stereocenters. The summed E-state index contributed by atoms with van der Waals surface area (Å²) in [6.45, 7) is 2.88. The molecular formula is C17H30N4O2. The number of aromatic nitrogens is 2. The van der Waals surface area contributed by atoms with Gasteiger partial charge in [-0.2, -0.15) is 5.10 Å². The predicted octanol–water partition coefficient (Wildman–Crippen LogP) is 3.31. The molecule has 0 bridgehead atoms. The van der Waals surface area contributed by atoms with Crippen LogP contribution < -0.4 is 10.6 Å². The summed E-state index contributed by atoms with van der Waals surface area (Å²) in [6.07, 6.45) is 10.6. The molecule has 1 aromatic rings. The third-order valence-corrected chi connectivity index (χ3v) is 4.62. The molecule has 1 heterocycles. The fraction of sp³-hybridized carbons (Fsp3) is 0.765. The Labute approximate surface area is 138 Å². The molecule has 0 radical (unpaired) electrons. The van der Waals surface area contributed by atoms with Gasteiger partial charge in [-0.05, 0) is 31.6 Å². The van der Waals surface area contributed by atoms with Crippen LogP contribution >= 0.6 is 0 Å². The standard InChI is InChI=1S/C17H30N4O2/c1-2-6-14(10-12-22)13-18-17(23)20-16-9-11-19-21(16)15-7-4-3-5-8-15/h9,11,14-15,22H,2-8,10,12-13H2,1H3,(H2,18,20,23). The monoisotopic (exact) mass is 322 g/mol. The van der Waals surface area contributed by atoms with Crippen LogP contribution in [0.25, 0.3) is 0 Å². The number of urea groups is 1. The van der Waals surface area contributed by atoms with Gasteiger partial charge in [0.25, 0.3) is 0 Å². The van der Waals surface area contributed by atoms with Crippen LogP contribution in [0.15, 0.2) is 12.3 Å². The Morgan fingerprint density at radius 1 is 1.39 bits per heavy atom. The molecule has 0 saturated heterocycles. The van der Waals surface area contributed by atoms with Gasteiger partial charge in [-0.1, -0.05) is 32.6 Å². The maximum absolute atomic E-state index is 12.1. The van der Waals surface area contributed by atoms with Crippen molar-refractivity contribution >= 4 is 11.8 Å². The van der Waals surface area contributed by atoms with Crippen molar-refractivity contribution in [2.24, 2.45) is 5.92 Å². The molecule has 1 fully saturated rings. The first kappa shape index (κ1) is 17.8. The van der Waals surface area contributed by atoms with Crippen molar-refractivity contribution < 1.29 is 9.90 Å². The molecule has 6 heteroatoms. The first-order valence-corrected chi connectivity index (χ1v) is 8.93. The zero-order valence-corrected chi connectivity index (χ0v) is 14.1. The number of amides is 2. The van der Waals surface area contributed by atoms with E-state index in [9.17, 15) is 4.79 Å². The number of hydrogen-bond acceptors (Lipinski definition) is 3. The molecule has 23 heavy (non-hydrogen) atoms. The molecule has 1 aliphatic rings. The van der Waals surface area contributed by atoms with Crippen LogP contribution in [0.2, 0.25) is 0 Å². The molecule has 3 N–H and O–H groups in total. The highest BCUT2D eigenvalue weighted by Crippen LogP contribution is 2.29. The Balaban J connectivity index is 1.84. The van der Waals surface area contributed by atoms with E-state index in [-0.39, 0.29) is 12.6 Å². The van der Waals surface area contributed by atoms with Crippen LogP contribution in [0.4, 0.5) is 10.6 Å². The third kappa shape index (κ3) is 5.53. The van der Waals surface area contributed by atoms with Gasteiger partial charge in [0.2, 0.25) is 0 Å². The Morgan fingerprint density at radius 3 is 2.87 bits per heavy atom. The minimum atomic E-state index is -0.193. The molecule has 130 valence electrons. The molecular weight excluding hydrogens is 292 g/mol. The zero-order chi connectivity index (χ0) is 16.5. The summed E-state index contributed by atoms with van der Waals surface area (Å²) in [5.41, 5.74) is 0. The summed E-state index contributed by atoms with van der Waals surface area (Å²) >= 11 is 0. The van der Waals surface area contributed by atoms with Crippen LogP contribution in [0.3, 0.4) is 0 Å². The normalized spacial score (nSPS) is 17.0. The van der Waals surface area contributed by atoms with Crippen molar-refractivity contribution in [2.75, 3.05) is 18.5 Å². The SMILES string of the molecule is CCCC(CCO)CNC(=O)Nc1ccnn1C1CCCCC1. The van der Waals surface area contributed by atoms with Crippen LogP contribution in [0.1, 0.15) is 64.3 Å². The second-order valence-electron chi connectivity index (χ2n) is 6.45. The number of carbonyl (C=O) groups excluding carboxylic acids is 1. The van der Waals surface area contributed by atoms with Gasteiger partial charge in [-0.15, -0.1) is 0 Å². The van der Waals surface area contributed by atoms with E-state index < -0.39 is 0 Å². The van der Waals surface area contributed by atoms with Crippen molar-refractivity contribution in [3.63, 3.8) is 0 Å². The summed E-state index contributed by atoms with van der Waals surface area (Å²) in [5, 5.41) is 19.3. The van der Waals surface area contributed by atoms with E-state index in [4.69, 9.17) is 5.11 Å². The molecule has 6 nitrogen and oxygen atoms in total. The van der Waals surface area contributed by atoms with Crippen molar-refractivity contribution in [3.05, 3.63) is 12.3 Å². The lowest BCUT2D eigenvalue weighted by atomic mass is 9.96. The van der Waals surface area contributed by atoms with Crippen molar-refractivity contribution in [1.82, 2.24) is 15.1 Å². The highest BCUT2D eigenvalue weighted by atomic mass is 16.3. The number of aliphatic hydroxyl groups excluding tert-OH is 1. The van der Waals surface area contributed by atoms with Gasteiger partial charge in [-0.3, -0.25) is 5.32 Å². The Hall–Kier alpha value is -1.56. The second-order valence-corrected chi connectivity index (χ2v) is 6.45. The molecule has 0 aliphatic heterocycles. The molecule has 0 aromatic carbocycles. The number of nitrogens with one attached hydrogen (secondary N) is 2. The number of hydrogen-bond donors (Lipinski definition) is 3. The van der Waals surface area contributed by atoms with Crippen LogP contribution in [-0.4, -0.2) is 34.1 Å². The maximum atomic E-state index is 12.1. The largest absolute Gasteiger partial charge is 0.396 e. The van der Waals surface area contributed by atoms with Gasteiger partial charge in [0, 0.05) is 19.2 Å². The van der Waals surface area contributed by atoms with Gasteiger partial charge < -0.3 is 10.4 Å². The number of rotatable bonds is 8. The molecule has 1 atom stereocenters. The Bertz CT molecular complexity index is 463. The average molecular weight is 322 g/mol. The summed E-state index contributed by atoms with van der Waals surface area (Å²) < 4.78 is 1.95. The van der Waals surface area contributed by atoms with Gasteiger partial charge in [0.1, 0.15) is 5.82 Å². The highest BCUT2D eigenvalue weighted by molar-refractivity contribution is 5.88. The number of anilines is 1. The molecule has 0 spiro atoms. The minimum Gasteiger partial charge on any atom is -0.396 e. The van der Waals surface area contributed by atoms with E-state index in [1.54, 1.807) is 6.20 Å². The quantitative estimate of drug-likeness (QED) is 0.687. The average Bonchev–Trinajstić information content (AvgIpc) is 3.02. The molecule has 1 aromatic heterocycles. The number of nitrogens with zero attached hydrogens (tertiary/aromatic N) is 2. The smallest absolute Gasteiger partial charge is 0.320 e. The first-order valence-electron chi connectivity index (χ1n) is 8.93. The number of carbonyl (C=O) groups is 1. The summed E-state index contributed by atoms with van der Waals surface area (Å²) in [7, 11) is 0. The second kappa shape index (κ2) is 9.55. The molecule has 1 aliphatic carbocycles. The number of aliphatic hydroxyl groups is 1. The van der Waals surface area contributed by atoms with Crippen LogP contribution in [-0.2, 0) is 0 Å². The summed E-state index contributed by atoms with van der Waals surface area (Å²) in [6, 6.07) is 2.06. The lowest BCUT2D eigenvalue weighted by Crippen LogP contribution is -2.34. The van der Waals surface area contributed by atoms with Crippen molar-refractivity contribution in [3.8, 4) is 0 Å². The van der Waals surface area contributed by atoms with E-state index in [2.05, 4.69) is 22.7 Å². The fourth-order valence-electron chi connectivity index (χ4n) is 3.37. The van der Waals surface area contributed by atoms with E-state index in [1.807, 2.05) is 10.7 Å². The van der Waals surface area contributed by atoms with E-state index in [0.29, 0.717) is 18.5 Å². The topological polar surface area (TPSA) is 79.2 Å². The zero-order valence-electron chi connectivity index (χ0n) is 14.1. The van der Waals surface area contributed by atoms with E-state index in [1.165, 1.54) is 19.3 Å². The Kier molecular flexibility index (Phi) is 7.39. The van der Waals surface area contributed by atoms with Gasteiger partial charge in [0.15, 0.2) is 0 Å². The summed E-state index contributed by atoms with van der Waals surface area (Å²) in [4.78, 5) is 12.1. The molecule has 1 saturated carbocycles. The van der Waals surface area contributed by atoms with Crippen LogP contribution in [0.5, 0.6) is 0 Å². The summed E-state index contributed by atoms with van der Waals surface area (Å²) in [5.74, 6) is 1.10. The van der Waals surface area contributed by atoms with Crippen molar-refractivity contribution in [1.29, 1.82) is 0 Å². The van der Waals surface area contributed by atoms with E-state index >= 15 is 0 Å². The van der Waals surface area contributed by atoms with E-state index in [0.717, 1.165) is 37.9 Å². The fourth-order valence-corrected chi connectivity index (χ4v) is 3.37. The Morgan fingerprint density at radius 2 is 2.17 bits per heavy atom. The molecule has 2 amide bonds. The van der Waals surface area contributed by atoms with Gasteiger partial charge in [0.05, 0.1) is 12.2 Å². The highest BCUT2D eigenvalue weighted by Gasteiger charge is 2.19. The molecule has 2 rings (SSSR count). The first-order chi connectivity index (χ1) is 11.2. The third-order valence-electron chi connectivity index (χ3n) is 4.62. The predicted molar refractivity (Wildman–Crippen MR) is 91.5 cm³/mol. The van der Waals surface area contributed by atoms with Gasteiger partial charge in [-0.25, -0.2) is 9.48 Å².